The van der Waals surface area contributed by atoms with Crippen LogP contribution >= 0.6 is 0 Å². The molecule has 156 valence electrons. The summed E-state index contributed by atoms with van der Waals surface area (Å²) in [4.78, 5) is 33.6. The van der Waals surface area contributed by atoms with E-state index in [9.17, 15) is 28.1 Å². The lowest BCUT2D eigenvalue weighted by molar-refractivity contribution is -0.386. The molecule has 1 unspecified atom stereocenters. The van der Waals surface area contributed by atoms with E-state index in [1.54, 1.807) is 20.8 Å². The topological polar surface area (TPSA) is 148 Å². The van der Waals surface area contributed by atoms with Crippen molar-refractivity contribution in [2.45, 2.75) is 38.7 Å². The maximum atomic E-state index is 12.5. The van der Waals surface area contributed by atoms with Crippen LogP contribution in [-0.4, -0.2) is 55.3 Å². The van der Waals surface area contributed by atoms with E-state index in [0.717, 1.165) is 16.4 Å². The molecule has 12 heteroatoms. The summed E-state index contributed by atoms with van der Waals surface area (Å²) in [6.07, 6.45) is -1.23. The summed E-state index contributed by atoms with van der Waals surface area (Å²) in [5.74, 6) is -1.10. The first-order valence-electron chi connectivity index (χ1n) is 8.62. The lowest BCUT2D eigenvalue weighted by Gasteiger charge is -2.19. The van der Waals surface area contributed by atoms with Gasteiger partial charge in [0, 0.05) is 25.7 Å². The Labute approximate surface area is 163 Å². The van der Waals surface area contributed by atoms with Crippen LogP contribution in [0.25, 0.3) is 0 Å². The number of carbonyl (C=O) groups is 2. The van der Waals surface area contributed by atoms with E-state index >= 15 is 0 Å². The van der Waals surface area contributed by atoms with Gasteiger partial charge in [-0.3, -0.25) is 20.2 Å². The Morgan fingerprint density at radius 1 is 1.25 bits per heavy atom. The number of hydrogen-bond donors (Lipinski definition) is 2. The molecule has 0 aliphatic rings. The SMILES string of the molecule is CCNC(=O)NC(=O)C(C)Oc1ccc(S(=O)(=O)N(CC)CC)cc1[N+](=O)[O-]. The van der Waals surface area contributed by atoms with Crippen LogP contribution in [0.3, 0.4) is 0 Å². The number of urea groups is 1. The summed E-state index contributed by atoms with van der Waals surface area (Å²) in [7, 11) is -3.90. The predicted molar refractivity (Wildman–Crippen MR) is 101 cm³/mol. The molecule has 0 spiro atoms. The number of rotatable bonds is 9. The number of benzene rings is 1. The monoisotopic (exact) mass is 416 g/mol. The number of imide groups is 1. The van der Waals surface area contributed by atoms with Crippen molar-refractivity contribution in [2.24, 2.45) is 0 Å². The fourth-order valence-corrected chi connectivity index (χ4v) is 3.75. The zero-order valence-electron chi connectivity index (χ0n) is 16.1. The van der Waals surface area contributed by atoms with Crippen molar-refractivity contribution in [3.05, 3.63) is 28.3 Å². The second-order valence-corrected chi connectivity index (χ2v) is 7.52. The van der Waals surface area contributed by atoms with Gasteiger partial charge in [-0.2, -0.15) is 4.31 Å². The third-order valence-electron chi connectivity index (χ3n) is 3.72. The Kier molecular flexibility index (Phi) is 8.32. The van der Waals surface area contributed by atoms with Crippen molar-refractivity contribution in [1.82, 2.24) is 14.9 Å². The molecule has 0 heterocycles. The molecule has 0 aromatic heterocycles. The normalized spacial score (nSPS) is 12.3. The average Bonchev–Trinajstić information content (AvgIpc) is 2.62. The number of ether oxygens (including phenoxy) is 1. The van der Waals surface area contributed by atoms with Gasteiger partial charge < -0.3 is 10.1 Å². The summed E-state index contributed by atoms with van der Waals surface area (Å²) in [5.41, 5.74) is -0.606. The zero-order valence-corrected chi connectivity index (χ0v) is 16.9. The van der Waals surface area contributed by atoms with Crippen molar-refractivity contribution < 1.29 is 27.7 Å². The number of sulfonamides is 1. The first-order valence-corrected chi connectivity index (χ1v) is 10.1. The van der Waals surface area contributed by atoms with Crippen molar-refractivity contribution in [1.29, 1.82) is 0 Å². The zero-order chi connectivity index (χ0) is 21.5. The third-order valence-corrected chi connectivity index (χ3v) is 5.76. The van der Waals surface area contributed by atoms with Crippen LogP contribution in [-0.2, 0) is 14.8 Å². The van der Waals surface area contributed by atoms with Gasteiger partial charge in [-0.05, 0) is 26.0 Å². The van der Waals surface area contributed by atoms with Crippen molar-refractivity contribution in [2.75, 3.05) is 19.6 Å². The molecule has 1 aromatic carbocycles. The lowest BCUT2D eigenvalue weighted by Crippen LogP contribution is -2.45. The van der Waals surface area contributed by atoms with Gasteiger partial charge in [0.1, 0.15) is 0 Å². The summed E-state index contributed by atoms with van der Waals surface area (Å²) in [5, 5.41) is 15.8. The maximum Gasteiger partial charge on any atom is 0.321 e. The molecule has 0 radical (unpaired) electrons. The van der Waals surface area contributed by atoms with Crippen LogP contribution in [0, 0.1) is 10.1 Å². The smallest absolute Gasteiger partial charge is 0.321 e. The number of hydrogen-bond acceptors (Lipinski definition) is 7. The number of nitrogens with one attached hydrogen (secondary N) is 2. The standard InChI is InChI=1S/C16H24N4O7S/c1-5-17-16(22)18-15(21)11(4)27-14-9-8-12(10-13(14)20(23)24)28(25,26)19(6-2)7-3/h8-11H,5-7H2,1-4H3,(H2,17,18,21,22). The van der Waals surface area contributed by atoms with Crippen molar-refractivity contribution >= 4 is 27.6 Å². The van der Waals surface area contributed by atoms with Crippen LogP contribution in [0.5, 0.6) is 5.75 Å². The van der Waals surface area contributed by atoms with E-state index in [0.29, 0.717) is 6.54 Å². The Morgan fingerprint density at radius 3 is 2.36 bits per heavy atom. The summed E-state index contributed by atoms with van der Waals surface area (Å²) >= 11 is 0. The minimum atomic E-state index is -3.90. The number of nitro benzene ring substituents is 1. The second kappa shape index (κ2) is 9.99. The van der Waals surface area contributed by atoms with E-state index in [1.165, 1.54) is 13.0 Å². The number of carbonyl (C=O) groups excluding carboxylic acids is 2. The van der Waals surface area contributed by atoms with Gasteiger partial charge in [0.05, 0.1) is 9.82 Å². The van der Waals surface area contributed by atoms with E-state index in [1.807, 2.05) is 5.32 Å². The molecule has 0 saturated carbocycles. The molecule has 3 amide bonds. The number of nitro groups is 1. The van der Waals surface area contributed by atoms with Crippen LogP contribution in [0.4, 0.5) is 10.5 Å². The lowest BCUT2D eigenvalue weighted by atomic mass is 10.3. The summed E-state index contributed by atoms with van der Waals surface area (Å²) < 4.78 is 31.5. The van der Waals surface area contributed by atoms with Gasteiger partial charge in [-0.25, -0.2) is 13.2 Å². The van der Waals surface area contributed by atoms with Crippen LogP contribution in [0.15, 0.2) is 23.1 Å². The van der Waals surface area contributed by atoms with E-state index in [-0.39, 0.29) is 23.7 Å². The maximum absolute atomic E-state index is 12.5. The Bertz CT molecular complexity index is 837. The van der Waals surface area contributed by atoms with E-state index < -0.39 is 38.7 Å². The number of amides is 3. The van der Waals surface area contributed by atoms with Crippen molar-refractivity contribution in [3.8, 4) is 5.75 Å². The predicted octanol–water partition coefficient (Wildman–Crippen LogP) is 1.24. The molecule has 1 atom stereocenters. The average molecular weight is 416 g/mol. The molecule has 0 fully saturated rings. The first kappa shape index (κ1) is 23.3. The molecular formula is C16H24N4O7S. The van der Waals surface area contributed by atoms with Gasteiger partial charge in [0.15, 0.2) is 11.9 Å². The molecular weight excluding hydrogens is 392 g/mol. The van der Waals surface area contributed by atoms with E-state index in [4.69, 9.17) is 4.74 Å². The Morgan fingerprint density at radius 2 is 1.86 bits per heavy atom. The van der Waals surface area contributed by atoms with Gasteiger partial charge >= 0.3 is 11.7 Å². The van der Waals surface area contributed by atoms with Crippen LogP contribution < -0.4 is 15.4 Å². The number of nitrogens with zero attached hydrogens (tertiary/aromatic N) is 2. The molecule has 0 aliphatic carbocycles. The van der Waals surface area contributed by atoms with Crippen LogP contribution in [0.2, 0.25) is 0 Å². The third kappa shape index (κ3) is 5.63. The minimum Gasteiger partial charge on any atom is -0.474 e. The van der Waals surface area contributed by atoms with Gasteiger partial charge in [0.25, 0.3) is 5.91 Å². The fraction of sp³-hybridized carbons (Fsp3) is 0.500. The van der Waals surface area contributed by atoms with Crippen molar-refractivity contribution in [3.63, 3.8) is 0 Å². The fourth-order valence-electron chi connectivity index (χ4n) is 2.27. The van der Waals surface area contributed by atoms with Gasteiger partial charge in [-0.1, -0.05) is 13.8 Å². The summed E-state index contributed by atoms with van der Waals surface area (Å²) in [6, 6.07) is 2.45. The Hall–Kier alpha value is -2.73. The van der Waals surface area contributed by atoms with Gasteiger partial charge in [0.2, 0.25) is 10.0 Å². The van der Waals surface area contributed by atoms with Crippen LogP contribution in [0.1, 0.15) is 27.7 Å². The molecule has 0 bridgehead atoms. The van der Waals surface area contributed by atoms with Gasteiger partial charge in [-0.15, -0.1) is 0 Å². The molecule has 28 heavy (non-hydrogen) atoms. The van der Waals surface area contributed by atoms with E-state index in [2.05, 4.69) is 5.32 Å². The quantitative estimate of drug-likeness (QED) is 0.454. The first-order chi connectivity index (χ1) is 13.1. The highest BCUT2D eigenvalue weighted by Gasteiger charge is 2.28. The molecule has 0 saturated heterocycles. The largest absolute Gasteiger partial charge is 0.474 e. The molecule has 1 aromatic rings. The summed E-state index contributed by atoms with van der Waals surface area (Å²) in [6.45, 7) is 7.01. The molecule has 2 N–H and O–H groups in total. The molecule has 1 rings (SSSR count). The highest BCUT2D eigenvalue weighted by molar-refractivity contribution is 7.89. The molecule has 11 nitrogen and oxygen atoms in total. The highest BCUT2D eigenvalue weighted by Crippen LogP contribution is 2.31. The minimum absolute atomic E-state index is 0.210. The highest BCUT2D eigenvalue weighted by atomic mass is 32.2. The second-order valence-electron chi connectivity index (χ2n) is 5.58. The molecule has 0 aliphatic heterocycles. The Balaban J connectivity index is 3.14.